The third-order valence-electron chi connectivity index (χ3n) is 4.43. The van der Waals surface area contributed by atoms with Crippen LogP contribution in [-0.2, 0) is 23.7 Å². The summed E-state index contributed by atoms with van der Waals surface area (Å²) in [5.41, 5.74) is 0. The number of hydrogen-bond acceptors (Lipinski definition) is 11. The molecule has 6 N–H and O–H groups in total. The van der Waals surface area contributed by atoms with Crippen molar-refractivity contribution in [2.45, 2.75) is 68.1 Å². The van der Waals surface area contributed by atoms with Gasteiger partial charge in [0.25, 0.3) is 6.47 Å². The van der Waals surface area contributed by atoms with Gasteiger partial charge in [0.15, 0.2) is 12.4 Å². The van der Waals surface area contributed by atoms with E-state index < -0.39 is 74.4 Å². The van der Waals surface area contributed by atoms with Crippen LogP contribution >= 0.6 is 0 Å². The zero-order chi connectivity index (χ0) is 18.7. The van der Waals surface area contributed by atoms with Crippen LogP contribution in [0.2, 0.25) is 0 Å². The number of carbonyl (C=O) groups excluding carboxylic acids is 1. The summed E-state index contributed by atoms with van der Waals surface area (Å²) in [6, 6.07) is 0. The average molecular weight is 368 g/mol. The van der Waals surface area contributed by atoms with Crippen molar-refractivity contribution in [3.05, 3.63) is 0 Å². The number of aliphatic hydroxyl groups excluding tert-OH is 6. The molecule has 1 unspecified atom stereocenters. The minimum Gasteiger partial charge on any atom is -0.459 e. The predicted molar refractivity (Wildman–Crippen MR) is 77.0 cm³/mol. The Balaban J connectivity index is 2.12. The summed E-state index contributed by atoms with van der Waals surface area (Å²) in [6.45, 7) is 0.410. The van der Waals surface area contributed by atoms with Crippen molar-refractivity contribution in [1.82, 2.24) is 0 Å². The first-order valence-corrected chi connectivity index (χ1v) is 7.85. The monoisotopic (exact) mass is 368 g/mol. The van der Waals surface area contributed by atoms with E-state index >= 15 is 0 Å². The maximum absolute atomic E-state index is 10.6. The zero-order valence-electron chi connectivity index (χ0n) is 13.5. The summed E-state index contributed by atoms with van der Waals surface area (Å²) < 4.78 is 20.7. The molecule has 0 amide bonds. The lowest BCUT2D eigenvalue weighted by molar-refractivity contribution is -0.339. The molecule has 10 atom stereocenters. The highest BCUT2D eigenvalue weighted by Crippen LogP contribution is 2.29. The summed E-state index contributed by atoms with van der Waals surface area (Å²) >= 11 is 0. The Bertz CT molecular complexity index is 435. The lowest BCUT2D eigenvalue weighted by atomic mass is 9.95. The van der Waals surface area contributed by atoms with E-state index in [2.05, 4.69) is 4.74 Å². The lowest BCUT2D eigenvalue weighted by Gasteiger charge is -2.45. The van der Waals surface area contributed by atoms with Gasteiger partial charge >= 0.3 is 0 Å². The van der Waals surface area contributed by atoms with Gasteiger partial charge in [-0.05, 0) is 6.92 Å². The molecule has 2 heterocycles. The van der Waals surface area contributed by atoms with Gasteiger partial charge in [-0.1, -0.05) is 0 Å². The fraction of sp³-hybridized carbons (Fsp3) is 0.929. The molecule has 2 rings (SSSR count). The predicted octanol–water partition coefficient (Wildman–Crippen LogP) is -4.15. The molecule has 0 aromatic carbocycles. The van der Waals surface area contributed by atoms with Gasteiger partial charge in [0.1, 0.15) is 42.7 Å². The lowest BCUT2D eigenvalue weighted by Crippen LogP contribution is -2.64. The van der Waals surface area contributed by atoms with E-state index in [0.717, 1.165) is 0 Å². The second kappa shape index (κ2) is 8.66. The third-order valence-corrected chi connectivity index (χ3v) is 4.43. The Kier molecular flexibility index (Phi) is 7.08. The maximum Gasteiger partial charge on any atom is 0.293 e. The van der Waals surface area contributed by atoms with Crippen LogP contribution in [-0.4, -0.2) is 112 Å². The first kappa shape index (κ1) is 20.4. The first-order valence-electron chi connectivity index (χ1n) is 7.85. The molecule has 0 saturated carbocycles. The second-order valence-corrected chi connectivity index (χ2v) is 6.05. The number of carbonyl (C=O) groups is 1. The fourth-order valence-corrected chi connectivity index (χ4v) is 3.01. The highest BCUT2D eigenvalue weighted by molar-refractivity contribution is 5.38. The maximum atomic E-state index is 10.6. The van der Waals surface area contributed by atoms with Gasteiger partial charge in [0.2, 0.25) is 0 Å². The Morgan fingerprint density at radius 1 is 0.880 bits per heavy atom. The molecule has 0 aromatic rings. The van der Waals surface area contributed by atoms with Gasteiger partial charge in [0.05, 0.1) is 19.3 Å². The molecular formula is C14H24O11. The Labute approximate surface area is 143 Å². The van der Waals surface area contributed by atoms with Crippen molar-refractivity contribution in [3.8, 4) is 0 Å². The summed E-state index contributed by atoms with van der Waals surface area (Å²) in [5.74, 6) is 0. The van der Waals surface area contributed by atoms with Gasteiger partial charge in [-0.2, -0.15) is 0 Å². The zero-order valence-corrected chi connectivity index (χ0v) is 13.5. The van der Waals surface area contributed by atoms with E-state index in [1.165, 1.54) is 6.92 Å². The second-order valence-electron chi connectivity index (χ2n) is 6.05. The Morgan fingerprint density at radius 3 is 2.04 bits per heavy atom. The highest BCUT2D eigenvalue weighted by Gasteiger charge is 2.50. The minimum atomic E-state index is -1.62. The number of rotatable bonds is 6. The van der Waals surface area contributed by atoms with Crippen LogP contribution in [0.15, 0.2) is 0 Å². The van der Waals surface area contributed by atoms with Gasteiger partial charge in [-0.25, -0.2) is 0 Å². The third kappa shape index (κ3) is 4.10. The first-order chi connectivity index (χ1) is 11.8. The van der Waals surface area contributed by atoms with Gasteiger partial charge < -0.3 is 49.6 Å². The topological polar surface area (TPSA) is 175 Å². The molecule has 25 heavy (non-hydrogen) atoms. The van der Waals surface area contributed by atoms with Crippen molar-refractivity contribution < 1.29 is 54.4 Å². The van der Waals surface area contributed by atoms with Crippen LogP contribution in [0, 0.1) is 0 Å². The van der Waals surface area contributed by atoms with Crippen molar-refractivity contribution in [3.63, 3.8) is 0 Å². The Morgan fingerprint density at radius 2 is 1.48 bits per heavy atom. The molecular weight excluding hydrogens is 344 g/mol. The molecule has 2 saturated heterocycles. The van der Waals surface area contributed by atoms with Crippen molar-refractivity contribution in [2.24, 2.45) is 0 Å². The SMILES string of the molecule is CC1O[C@@H](CO)[C@@H](O)[C@H](O)[C@@H]1O[C@H]1O[C@H](CO)[C@@H](O)[C@@H](OC=O)[C@@H]1O. The molecule has 0 aromatic heterocycles. The fourth-order valence-electron chi connectivity index (χ4n) is 3.01. The summed E-state index contributed by atoms with van der Waals surface area (Å²) in [5, 5.41) is 58.7. The standard InChI is InChI=1S/C14H24O11/c1-5-12(10(20)8(18)6(2-15)23-5)25-14-11(21)13(22-4-17)9(19)7(3-16)24-14/h4-16,18-21H,2-3H2,1H3/t5?,6-,7+,8+,9+,10-,11-,12+,13+,14+/m0/s1. The largest absolute Gasteiger partial charge is 0.459 e. The van der Waals surface area contributed by atoms with Crippen LogP contribution in [0.25, 0.3) is 0 Å². The Hall–Kier alpha value is -0.890. The summed E-state index contributed by atoms with van der Waals surface area (Å²) in [7, 11) is 0. The van der Waals surface area contributed by atoms with Gasteiger partial charge in [-0.15, -0.1) is 0 Å². The van der Waals surface area contributed by atoms with Crippen molar-refractivity contribution in [1.29, 1.82) is 0 Å². The molecule has 0 aliphatic carbocycles. The number of ether oxygens (including phenoxy) is 4. The molecule has 2 fully saturated rings. The van der Waals surface area contributed by atoms with E-state index in [0.29, 0.717) is 0 Å². The van der Waals surface area contributed by atoms with Gasteiger partial charge in [-0.3, -0.25) is 4.79 Å². The average Bonchev–Trinajstić information content (AvgIpc) is 2.60. The molecule has 0 radical (unpaired) electrons. The van der Waals surface area contributed by atoms with E-state index in [9.17, 15) is 30.3 Å². The molecule has 11 heteroatoms. The molecule has 2 aliphatic heterocycles. The van der Waals surface area contributed by atoms with Crippen molar-refractivity contribution >= 4 is 6.47 Å². The molecule has 146 valence electrons. The summed E-state index contributed by atoms with van der Waals surface area (Å²) in [6.07, 6.45) is -13.0. The van der Waals surface area contributed by atoms with Gasteiger partial charge in [0, 0.05) is 0 Å². The molecule has 11 nitrogen and oxygen atoms in total. The van der Waals surface area contributed by atoms with E-state index in [1.54, 1.807) is 0 Å². The molecule has 0 spiro atoms. The molecule has 0 bridgehead atoms. The van der Waals surface area contributed by atoms with Crippen LogP contribution in [0.3, 0.4) is 0 Å². The van der Waals surface area contributed by atoms with E-state index in [-0.39, 0.29) is 6.47 Å². The quantitative estimate of drug-likeness (QED) is 0.251. The van der Waals surface area contributed by atoms with E-state index in [1.807, 2.05) is 0 Å². The normalized spacial score (nSPS) is 48.1. The smallest absolute Gasteiger partial charge is 0.293 e. The number of aliphatic hydroxyl groups is 6. The van der Waals surface area contributed by atoms with Crippen molar-refractivity contribution in [2.75, 3.05) is 13.2 Å². The number of hydrogen-bond donors (Lipinski definition) is 6. The van der Waals surface area contributed by atoms with E-state index in [4.69, 9.17) is 19.3 Å². The van der Waals surface area contributed by atoms with Crippen LogP contribution < -0.4 is 0 Å². The van der Waals surface area contributed by atoms with Crippen LogP contribution in [0.5, 0.6) is 0 Å². The minimum absolute atomic E-state index is 0.0325. The van der Waals surface area contributed by atoms with Crippen LogP contribution in [0.1, 0.15) is 6.92 Å². The highest BCUT2D eigenvalue weighted by atomic mass is 16.7. The summed E-state index contributed by atoms with van der Waals surface area (Å²) in [4.78, 5) is 10.6. The van der Waals surface area contributed by atoms with Crippen LogP contribution in [0.4, 0.5) is 0 Å². The molecule has 2 aliphatic rings.